The van der Waals surface area contributed by atoms with Crippen LogP contribution in [0.3, 0.4) is 0 Å². The van der Waals surface area contributed by atoms with Crippen LogP contribution in [0.1, 0.15) is 6.42 Å². The molecule has 0 aromatic rings. The van der Waals surface area contributed by atoms with Crippen molar-refractivity contribution in [3.63, 3.8) is 0 Å². The Hall–Kier alpha value is -1.16. The average Bonchev–Trinajstić information content (AvgIpc) is 2.76. The Morgan fingerprint density at radius 1 is 0.256 bits per heavy atom. The topological polar surface area (TPSA) is 0 Å². The van der Waals surface area contributed by atoms with E-state index in [0.717, 1.165) is 0 Å². The first-order valence-electron chi connectivity index (χ1n) is 9.22. The van der Waals surface area contributed by atoms with Gasteiger partial charge in [0.1, 0.15) is 0 Å². The molecule has 43 heavy (non-hydrogen) atoms. The zero-order chi connectivity index (χ0) is 35.9. The van der Waals surface area contributed by atoms with Gasteiger partial charge in [-0.05, 0) is 0 Å². The number of hydrogen-bond acceptors (Lipinski definition) is 0. The minimum Gasteiger partial charge on any atom is -0.200 e. The third-order valence-electron chi connectivity index (χ3n) is 5.17. The predicted octanol–water partition coefficient (Wildman–Crippen LogP) is 10.00. The summed E-state index contributed by atoms with van der Waals surface area (Å²) in [6.07, 6.45) is -11.0. The molecule has 0 aromatic carbocycles. The molecule has 0 saturated heterocycles. The standard InChI is InChI=1S/C15H4F27I/c16-3(17,1-2-43)4(18,19)5(20,21)6(22,23)7(24,25)8(26,27)9(28,29)10(30,31)11(32,33)12(34,35)13(36,37)14(38,39)15(40,41)42/h1-2H2. The SMILES string of the molecule is FC(F)(F)C(F)(F)C(F)(F)C(F)(F)C(F)(F)C(F)(F)C(F)(F)C(F)(F)C(F)(F)C(F)(F)C(F)(F)C(F)(F)C(F)(F)CCI. The lowest BCUT2D eigenvalue weighted by atomic mass is 9.84. The van der Waals surface area contributed by atoms with Crippen LogP contribution in [0.2, 0.25) is 0 Å². The van der Waals surface area contributed by atoms with Gasteiger partial charge in [0, 0.05) is 10.8 Å². The fourth-order valence-corrected chi connectivity index (χ4v) is 3.14. The van der Waals surface area contributed by atoms with Crippen molar-refractivity contribution in [3.05, 3.63) is 0 Å². The molecule has 0 rings (SSSR count). The van der Waals surface area contributed by atoms with E-state index < -0.39 is 88.1 Å². The molecule has 0 N–H and O–H groups in total. The van der Waals surface area contributed by atoms with Crippen LogP contribution in [0.25, 0.3) is 0 Å². The molecule has 0 aliphatic carbocycles. The average molecular weight is 824 g/mol. The van der Waals surface area contributed by atoms with Crippen LogP contribution in [0, 0.1) is 0 Å². The highest BCUT2D eigenvalue weighted by molar-refractivity contribution is 14.1. The summed E-state index contributed by atoms with van der Waals surface area (Å²) in [5.41, 5.74) is 0. The number of hydrogen-bond donors (Lipinski definition) is 0. The van der Waals surface area contributed by atoms with Crippen LogP contribution in [0.5, 0.6) is 0 Å². The van der Waals surface area contributed by atoms with Crippen molar-refractivity contribution >= 4 is 22.6 Å². The maximum atomic E-state index is 13.7. The second-order valence-corrected chi connectivity index (χ2v) is 9.04. The zero-order valence-corrected chi connectivity index (χ0v) is 20.7. The fourth-order valence-electron chi connectivity index (χ4n) is 2.46. The summed E-state index contributed by atoms with van der Waals surface area (Å²) in [6, 6.07) is 0. The van der Waals surface area contributed by atoms with Crippen molar-refractivity contribution < 1.29 is 119 Å². The maximum Gasteiger partial charge on any atom is 0.460 e. The van der Waals surface area contributed by atoms with Gasteiger partial charge in [-0.2, -0.15) is 119 Å². The molecule has 0 amide bonds. The Kier molecular flexibility index (Phi) is 10.1. The van der Waals surface area contributed by atoms with Crippen molar-refractivity contribution in [2.24, 2.45) is 0 Å². The molecular formula is C15H4F27I. The molecule has 260 valence electrons. The fraction of sp³-hybridized carbons (Fsp3) is 1.00. The second kappa shape index (κ2) is 10.4. The molecular weight excluding hydrogens is 820 g/mol. The van der Waals surface area contributed by atoms with Gasteiger partial charge in [-0.3, -0.25) is 0 Å². The van der Waals surface area contributed by atoms with Crippen molar-refractivity contribution in [1.82, 2.24) is 0 Å². The van der Waals surface area contributed by atoms with Crippen LogP contribution < -0.4 is 0 Å². The Labute approximate surface area is 230 Å². The molecule has 0 aliphatic rings. The molecule has 0 unspecified atom stereocenters. The molecule has 0 heterocycles. The van der Waals surface area contributed by atoms with E-state index in [9.17, 15) is 119 Å². The molecule has 0 saturated carbocycles. The van der Waals surface area contributed by atoms with Gasteiger partial charge >= 0.3 is 77.2 Å². The molecule has 0 aliphatic heterocycles. The van der Waals surface area contributed by atoms with Crippen LogP contribution in [-0.2, 0) is 0 Å². The second-order valence-electron chi connectivity index (χ2n) is 7.96. The van der Waals surface area contributed by atoms with Crippen molar-refractivity contribution in [2.45, 2.75) is 83.7 Å². The Bertz CT molecular complexity index is 1000. The van der Waals surface area contributed by atoms with Crippen molar-refractivity contribution in [3.8, 4) is 0 Å². The summed E-state index contributed by atoms with van der Waals surface area (Å²) in [4.78, 5) is 0. The van der Waals surface area contributed by atoms with Crippen LogP contribution in [-0.4, -0.2) is 81.7 Å². The van der Waals surface area contributed by atoms with Crippen molar-refractivity contribution in [1.29, 1.82) is 0 Å². The van der Waals surface area contributed by atoms with Gasteiger partial charge in [-0.15, -0.1) is 0 Å². The lowest BCUT2D eigenvalue weighted by Crippen LogP contribution is -2.78. The first-order chi connectivity index (χ1) is 18.1. The Morgan fingerprint density at radius 2 is 0.419 bits per heavy atom. The molecule has 0 bridgehead atoms. The number of halogens is 28. The molecule has 0 nitrogen and oxygen atoms in total. The lowest BCUT2D eigenvalue weighted by Gasteiger charge is -2.46. The zero-order valence-electron chi connectivity index (χ0n) is 18.5. The highest BCUT2D eigenvalue weighted by Gasteiger charge is 3.00. The minimum atomic E-state index is -9.74. The van der Waals surface area contributed by atoms with Gasteiger partial charge in [-0.25, -0.2) is 0 Å². The molecule has 0 fully saturated rings. The van der Waals surface area contributed by atoms with Gasteiger partial charge < -0.3 is 0 Å². The summed E-state index contributed by atoms with van der Waals surface area (Å²) >= 11 is 0.587. The normalized spacial score (nSPS) is 17.0. The van der Waals surface area contributed by atoms with E-state index in [2.05, 4.69) is 0 Å². The maximum absolute atomic E-state index is 13.7. The minimum absolute atomic E-state index is 0.587. The monoisotopic (exact) mass is 824 g/mol. The van der Waals surface area contributed by atoms with Gasteiger partial charge in [0.25, 0.3) is 0 Å². The molecule has 0 spiro atoms. The van der Waals surface area contributed by atoms with E-state index in [4.69, 9.17) is 0 Å². The first kappa shape index (κ1) is 41.8. The largest absolute Gasteiger partial charge is 0.460 e. The summed E-state index contributed by atoms with van der Waals surface area (Å²) in [5.74, 6) is -108. The lowest BCUT2D eigenvalue weighted by molar-refractivity contribution is -0.484. The molecule has 0 radical (unpaired) electrons. The smallest absolute Gasteiger partial charge is 0.200 e. The van der Waals surface area contributed by atoms with Gasteiger partial charge in [0.2, 0.25) is 0 Å². The van der Waals surface area contributed by atoms with E-state index in [-0.39, 0.29) is 0 Å². The van der Waals surface area contributed by atoms with Crippen molar-refractivity contribution in [2.75, 3.05) is 4.43 Å². The van der Waals surface area contributed by atoms with Gasteiger partial charge in [-0.1, -0.05) is 22.6 Å². The van der Waals surface area contributed by atoms with E-state index in [0.29, 0.717) is 22.6 Å². The third kappa shape index (κ3) is 5.01. The van der Waals surface area contributed by atoms with E-state index >= 15 is 0 Å². The first-order valence-corrected chi connectivity index (χ1v) is 10.7. The number of rotatable bonds is 13. The quantitative estimate of drug-likeness (QED) is 0.0987. The molecule has 28 heteroatoms. The highest BCUT2D eigenvalue weighted by atomic mass is 127. The van der Waals surface area contributed by atoms with E-state index in [1.54, 1.807) is 0 Å². The van der Waals surface area contributed by atoms with Gasteiger partial charge in [0.15, 0.2) is 0 Å². The Morgan fingerprint density at radius 3 is 0.581 bits per heavy atom. The summed E-state index contributed by atoms with van der Waals surface area (Å²) < 4.78 is 356. The Balaban J connectivity index is 7.42. The summed E-state index contributed by atoms with van der Waals surface area (Å²) in [7, 11) is 0. The van der Waals surface area contributed by atoms with E-state index in [1.165, 1.54) is 0 Å². The van der Waals surface area contributed by atoms with Crippen LogP contribution in [0.4, 0.5) is 119 Å². The molecule has 0 aromatic heterocycles. The predicted molar refractivity (Wildman–Crippen MR) is 88.9 cm³/mol. The van der Waals surface area contributed by atoms with E-state index in [1.807, 2.05) is 0 Å². The highest BCUT2D eigenvalue weighted by Crippen LogP contribution is 2.68. The summed E-state index contributed by atoms with van der Waals surface area (Å²) in [5, 5.41) is 0. The number of alkyl halides is 28. The molecule has 0 atom stereocenters. The van der Waals surface area contributed by atoms with Crippen LogP contribution in [0.15, 0.2) is 0 Å². The third-order valence-corrected chi connectivity index (χ3v) is 5.71. The summed E-state index contributed by atoms with van der Waals surface area (Å²) in [6.45, 7) is 0. The van der Waals surface area contributed by atoms with Crippen LogP contribution >= 0.6 is 22.6 Å². The van der Waals surface area contributed by atoms with Gasteiger partial charge in [0.05, 0.1) is 0 Å².